The number of hydrogen-bond donors (Lipinski definition) is 1. The topological polar surface area (TPSA) is 69.8 Å². The maximum Gasteiger partial charge on any atom is 0.232 e. The fourth-order valence-corrected chi connectivity index (χ4v) is 0.592. The summed E-state index contributed by atoms with van der Waals surface area (Å²) in [6, 6.07) is 1.79. The van der Waals surface area contributed by atoms with E-state index in [9.17, 15) is 0 Å². The van der Waals surface area contributed by atoms with Gasteiger partial charge in [-0.2, -0.15) is 5.26 Å². The first kappa shape index (κ1) is 8.19. The molecule has 4 nitrogen and oxygen atoms in total. The minimum atomic E-state index is -0.194. The average molecular weight is 159 g/mol. The number of aliphatic hydroxyl groups is 1. The largest absolute Gasteiger partial charge is 0.384 e. The van der Waals surface area contributed by atoms with Crippen molar-refractivity contribution in [3.63, 3.8) is 0 Å². The van der Waals surface area contributed by atoms with Crippen molar-refractivity contribution in [2.45, 2.75) is 0 Å². The van der Waals surface area contributed by atoms with Crippen LogP contribution in [0.2, 0.25) is 0 Å². The Hall–Kier alpha value is -1.91. The highest BCUT2D eigenvalue weighted by atomic mass is 16.2. The molecule has 0 saturated heterocycles. The van der Waals surface area contributed by atoms with Crippen LogP contribution in [-0.4, -0.2) is 21.7 Å². The number of nitriles is 1. The van der Waals surface area contributed by atoms with E-state index in [4.69, 9.17) is 10.4 Å². The highest BCUT2D eigenvalue weighted by Gasteiger charge is 1.91. The van der Waals surface area contributed by atoms with Crippen LogP contribution < -0.4 is 0 Å². The first-order valence-corrected chi connectivity index (χ1v) is 3.18. The Morgan fingerprint density at radius 3 is 2.58 bits per heavy atom. The maximum absolute atomic E-state index is 8.36. The van der Waals surface area contributed by atoms with E-state index in [-0.39, 0.29) is 12.4 Å². The minimum Gasteiger partial charge on any atom is -0.384 e. The molecule has 1 aromatic rings. The van der Waals surface area contributed by atoms with Gasteiger partial charge in [-0.25, -0.2) is 9.97 Å². The van der Waals surface area contributed by atoms with Crippen molar-refractivity contribution in [1.82, 2.24) is 9.97 Å². The van der Waals surface area contributed by atoms with E-state index in [1.54, 1.807) is 6.07 Å². The highest BCUT2D eigenvalue weighted by Crippen LogP contribution is 1.91. The predicted octanol–water partition coefficient (Wildman–Crippen LogP) is -0.308. The third kappa shape index (κ3) is 2.05. The molecule has 0 unspecified atom stereocenters. The van der Waals surface area contributed by atoms with Gasteiger partial charge in [0, 0.05) is 12.4 Å². The number of hydrogen-bond acceptors (Lipinski definition) is 4. The van der Waals surface area contributed by atoms with Crippen LogP contribution in [0.25, 0.3) is 0 Å². The Bertz CT molecular complexity index is 353. The summed E-state index contributed by atoms with van der Waals surface area (Å²) in [5.74, 6) is 5.17. The van der Waals surface area contributed by atoms with E-state index < -0.39 is 0 Å². The Labute approximate surface area is 69.5 Å². The Balaban J connectivity index is 2.87. The average Bonchev–Trinajstić information content (AvgIpc) is 2.15. The molecule has 0 aliphatic heterocycles. The molecule has 0 atom stereocenters. The minimum absolute atomic E-state index is 0.115. The zero-order valence-corrected chi connectivity index (χ0v) is 6.15. The summed E-state index contributed by atoms with van der Waals surface area (Å²) in [5, 5.41) is 16.7. The fourth-order valence-electron chi connectivity index (χ4n) is 0.592. The zero-order chi connectivity index (χ0) is 8.81. The molecule has 0 spiro atoms. The number of rotatable bonds is 0. The van der Waals surface area contributed by atoms with Gasteiger partial charge in [-0.1, -0.05) is 11.8 Å². The summed E-state index contributed by atoms with van der Waals surface area (Å²) < 4.78 is 0. The van der Waals surface area contributed by atoms with E-state index in [0.29, 0.717) is 5.56 Å². The molecule has 0 radical (unpaired) electrons. The SMILES string of the molecule is N#Cc1ncc(C#CCO)cn1. The van der Waals surface area contributed by atoms with Crippen molar-refractivity contribution in [3.05, 3.63) is 23.8 Å². The van der Waals surface area contributed by atoms with Gasteiger partial charge >= 0.3 is 0 Å². The van der Waals surface area contributed by atoms with Gasteiger partial charge in [0.25, 0.3) is 0 Å². The molecular formula is C8H5N3O. The van der Waals surface area contributed by atoms with Crippen LogP contribution in [0.3, 0.4) is 0 Å². The molecule has 1 rings (SSSR count). The second-order valence-electron chi connectivity index (χ2n) is 1.87. The van der Waals surface area contributed by atoms with Gasteiger partial charge in [0.15, 0.2) is 0 Å². The van der Waals surface area contributed by atoms with E-state index in [1.807, 2.05) is 0 Å². The second kappa shape index (κ2) is 4.07. The van der Waals surface area contributed by atoms with Crippen LogP contribution >= 0.6 is 0 Å². The lowest BCUT2D eigenvalue weighted by molar-refractivity contribution is 0.350. The lowest BCUT2D eigenvalue weighted by Gasteiger charge is -1.87. The monoisotopic (exact) mass is 159 g/mol. The van der Waals surface area contributed by atoms with Gasteiger partial charge in [0.1, 0.15) is 12.7 Å². The van der Waals surface area contributed by atoms with Crippen molar-refractivity contribution in [2.24, 2.45) is 0 Å². The molecule has 0 aromatic carbocycles. The highest BCUT2D eigenvalue weighted by molar-refractivity contribution is 5.30. The molecule has 0 fully saturated rings. The van der Waals surface area contributed by atoms with Gasteiger partial charge in [0.2, 0.25) is 5.82 Å². The van der Waals surface area contributed by atoms with Gasteiger partial charge in [-0.15, -0.1) is 0 Å². The first-order valence-electron chi connectivity index (χ1n) is 3.18. The molecule has 4 heteroatoms. The summed E-state index contributed by atoms with van der Waals surface area (Å²) in [7, 11) is 0. The third-order valence-electron chi connectivity index (χ3n) is 1.06. The van der Waals surface area contributed by atoms with Crippen molar-refractivity contribution in [1.29, 1.82) is 5.26 Å². The summed E-state index contributed by atoms with van der Waals surface area (Å²) >= 11 is 0. The molecular weight excluding hydrogens is 154 g/mol. The molecule has 0 aliphatic rings. The number of nitrogens with zero attached hydrogens (tertiary/aromatic N) is 3. The Morgan fingerprint density at radius 2 is 2.08 bits per heavy atom. The lowest BCUT2D eigenvalue weighted by atomic mass is 10.3. The van der Waals surface area contributed by atoms with Gasteiger partial charge in [-0.3, -0.25) is 0 Å². The molecule has 0 aliphatic carbocycles. The van der Waals surface area contributed by atoms with Crippen LogP contribution in [0, 0.1) is 23.2 Å². The Kier molecular flexibility index (Phi) is 2.78. The zero-order valence-electron chi connectivity index (χ0n) is 6.15. The predicted molar refractivity (Wildman–Crippen MR) is 40.7 cm³/mol. The standard InChI is InChI=1S/C8H5N3O/c9-4-8-10-5-7(6-11-8)2-1-3-12/h5-6,12H,3H2. The molecule has 0 amide bonds. The molecule has 1 heterocycles. The van der Waals surface area contributed by atoms with Gasteiger partial charge < -0.3 is 5.11 Å². The van der Waals surface area contributed by atoms with Crippen LogP contribution in [0.5, 0.6) is 0 Å². The lowest BCUT2D eigenvalue weighted by Crippen LogP contribution is -1.88. The quantitative estimate of drug-likeness (QED) is 0.527. The molecule has 1 aromatic heterocycles. The van der Waals surface area contributed by atoms with Crippen LogP contribution in [0.15, 0.2) is 12.4 Å². The number of aliphatic hydroxyl groups excluding tert-OH is 1. The van der Waals surface area contributed by atoms with E-state index in [0.717, 1.165) is 0 Å². The Morgan fingerprint density at radius 1 is 1.42 bits per heavy atom. The maximum atomic E-state index is 8.36. The molecule has 0 bridgehead atoms. The molecule has 58 valence electrons. The summed E-state index contributed by atoms with van der Waals surface area (Å²) in [5.41, 5.74) is 0.586. The summed E-state index contributed by atoms with van der Waals surface area (Å²) in [6.45, 7) is -0.194. The second-order valence-corrected chi connectivity index (χ2v) is 1.87. The first-order chi connectivity index (χ1) is 5.86. The van der Waals surface area contributed by atoms with E-state index >= 15 is 0 Å². The van der Waals surface area contributed by atoms with Crippen molar-refractivity contribution < 1.29 is 5.11 Å². The number of aromatic nitrogens is 2. The fraction of sp³-hybridized carbons (Fsp3) is 0.125. The third-order valence-corrected chi connectivity index (χ3v) is 1.06. The van der Waals surface area contributed by atoms with Crippen LogP contribution in [0.4, 0.5) is 0 Å². The normalized spacial score (nSPS) is 8.00. The summed E-state index contributed by atoms with van der Waals surface area (Å²) in [6.07, 6.45) is 2.88. The van der Waals surface area contributed by atoms with Crippen molar-refractivity contribution in [3.8, 4) is 17.9 Å². The smallest absolute Gasteiger partial charge is 0.232 e. The van der Waals surface area contributed by atoms with Gasteiger partial charge in [0.05, 0.1) is 5.56 Å². The molecule has 0 saturated carbocycles. The molecule has 1 N–H and O–H groups in total. The van der Waals surface area contributed by atoms with E-state index in [2.05, 4.69) is 21.8 Å². The van der Waals surface area contributed by atoms with Crippen LogP contribution in [0.1, 0.15) is 11.4 Å². The molecule has 12 heavy (non-hydrogen) atoms. The summed E-state index contributed by atoms with van der Waals surface area (Å²) in [4.78, 5) is 7.39. The van der Waals surface area contributed by atoms with Crippen molar-refractivity contribution >= 4 is 0 Å². The van der Waals surface area contributed by atoms with Crippen molar-refractivity contribution in [2.75, 3.05) is 6.61 Å². The van der Waals surface area contributed by atoms with Gasteiger partial charge in [-0.05, 0) is 0 Å². The van der Waals surface area contributed by atoms with E-state index in [1.165, 1.54) is 12.4 Å². The van der Waals surface area contributed by atoms with Crippen LogP contribution in [-0.2, 0) is 0 Å².